The summed E-state index contributed by atoms with van der Waals surface area (Å²) >= 11 is 0. The molecule has 0 spiro atoms. The molecule has 19 heavy (non-hydrogen) atoms. The Bertz CT molecular complexity index is 517. The van der Waals surface area contributed by atoms with Crippen LogP contribution < -0.4 is 15.5 Å². The number of morpholine rings is 1. The Kier molecular flexibility index (Phi) is 2.95. The van der Waals surface area contributed by atoms with Gasteiger partial charge in [-0.15, -0.1) is 0 Å². The highest BCUT2D eigenvalue weighted by molar-refractivity contribution is 6.04. The van der Waals surface area contributed by atoms with E-state index in [1.54, 1.807) is 11.9 Å². The van der Waals surface area contributed by atoms with E-state index in [1.807, 2.05) is 12.1 Å². The molecule has 1 amide bonds. The number of rotatable bonds is 1. The molecule has 5 nitrogen and oxygen atoms in total. The fourth-order valence-electron chi connectivity index (χ4n) is 2.84. The summed E-state index contributed by atoms with van der Waals surface area (Å²) in [7, 11) is 1.78. The summed E-state index contributed by atoms with van der Waals surface area (Å²) in [5, 5.41) is 0. The van der Waals surface area contributed by atoms with E-state index >= 15 is 0 Å². The van der Waals surface area contributed by atoms with Gasteiger partial charge in [0.2, 0.25) is 5.91 Å². The number of carbonyl (C=O) groups excluding carboxylic acids is 1. The monoisotopic (exact) mass is 261 g/mol. The van der Waals surface area contributed by atoms with Gasteiger partial charge in [-0.25, -0.2) is 0 Å². The first-order chi connectivity index (χ1) is 9.09. The molecule has 1 fully saturated rings. The zero-order chi connectivity index (χ0) is 13.6. The molecule has 0 saturated carbocycles. The third-order valence-electron chi connectivity index (χ3n) is 4.01. The number of fused-ring (bicyclic) bond motifs is 1. The van der Waals surface area contributed by atoms with Crippen molar-refractivity contribution >= 4 is 17.3 Å². The van der Waals surface area contributed by atoms with Crippen molar-refractivity contribution < 1.29 is 9.53 Å². The zero-order valence-electron chi connectivity index (χ0n) is 11.3. The summed E-state index contributed by atoms with van der Waals surface area (Å²) in [6.45, 7) is 4.51. The van der Waals surface area contributed by atoms with E-state index in [1.165, 1.54) is 0 Å². The van der Waals surface area contributed by atoms with Crippen LogP contribution in [0.4, 0.5) is 11.4 Å². The Morgan fingerprint density at radius 2 is 2.21 bits per heavy atom. The minimum Gasteiger partial charge on any atom is -0.377 e. The van der Waals surface area contributed by atoms with Crippen molar-refractivity contribution in [3.8, 4) is 0 Å². The standard InChI is InChI=1S/C14H19N3O2/c1-9-8-19-6-5-17(9)10-3-4-11-12(7-10)16(2)14(18)13(11)15/h3-4,7,9,13H,5-6,8,15H2,1-2H3. The fraction of sp³-hybridized carbons (Fsp3) is 0.500. The number of hydrogen-bond donors (Lipinski definition) is 1. The second kappa shape index (κ2) is 4.51. The van der Waals surface area contributed by atoms with Crippen LogP contribution in [0.2, 0.25) is 0 Å². The van der Waals surface area contributed by atoms with Crippen LogP contribution in [0, 0.1) is 0 Å². The average molecular weight is 261 g/mol. The van der Waals surface area contributed by atoms with Crippen molar-refractivity contribution in [2.75, 3.05) is 36.6 Å². The van der Waals surface area contributed by atoms with Gasteiger partial charge in [0, 0.05) is 30.9 Å². The lowest BCUT2D eigenvalue weighted by atomic mass is 10.1. The molecule has 5 heteroatoms. The van der Waals surface area contributed by atoms with Crippen LogP contribution in [0.5, 0.6) is 0 Å². The van der Waals surface area contributed by atoms with Gasteiger partial charge in [0.1, 0.15) is 6.04 Å². The van der Waals surface area contributed by atoms with E-state index in [-0.39, 0.29) is 5.91 Å². The molecule has 1 saturated heterocycles. The van der Waals surface area contributed by atoms with E-state index in [0.29, 0.717) is 6.04 Å². The number of amides is 1. The molecule has 2 atom stereocenters. The molecule has 0 aromatic heterocycles. The van der Waals surface area contributed by atoms with Crippen LogP contribution in [-0.4, -0.2) is 38.8 Å². The fourth-order valence-corrected chi connectivity index (χ4v) is 2.84. The van der Waals surface area contributed by atoms with E-state index < -0.39 is 6.04 Å². The van der Waals surface area contributed by atoms with Crippen molar-refractivity contribution in [3.63, 3.8) is 0 Å². The van der Waals surface area contributed by atoms with Crippen molar-refractivity contribution in [3.05, 3.63) is 23.8 Å². The summed E-state index contributed by atoms with van der Waals surface area (Å²) in [6, 6.07) is 5.91. The SMILES string of the molecule is CC1COCCN1c1ccc2c(c1)N(C)C(=O)C2N. The van der Waals surface area contributed by atoms with Gasteiger partial charge in [0.15, 0.2) is 0 Å². The maximum absolute atomic E-state index is 11.9. The summed E-state index contributed by atoms with van der Waals surface area (Å²) in [5.74, 6) is -0.0397. The molecule has 0 aliphatic carbocycles. The van der Waals surface area contributed by atoms with Gasteiger partial charge in [0.25, 0.3) is 0 Å². The number of hydrogen-bond acceptors (Lipinski definition) is 4. The molecule has 0 bridgehead atoms. The van der Waals surface area contributed by atoms with Crippen LogP contribution in [-0.2, 0) is 9.53 Å². The number of likely N-dealkylation sites (N-methyl/N-ethyl adjacent to an activating group) is 1. The quantitative estimate of drug-likeness (QED) is 0.815. The summed E-state index contributed by atoms with van der Waals surface area (Å²) in [4.78, 5) is 15.8. The molecule has 2 unspecified atom stereocenters. The summed E-state index contributed by atoms with van der Waals surface area (Å²) < 4.78 is 5.46. The molecule has 1 aromatic carbocycles. The predicted octanol–water partition coefficient (Wildman–Crippen LogP) is 0.888. The second-order valence-corrected chi connectivity index (χ2v) is 5.24. The molecule has 3 rings (SSSR count). The normalized spacial score (nSPS) is 26.8. The number of ether oxygens (including phenoxy) is 1. The third kappa shape index (κ3) is 1.89. The maximum Gasteiger partial charge on any atom is 0.248 e. The molecule has 2 N–H and O–H groups in total. The van der Waals surface area contributed by atoms with Gasteiger partial charge in [-0.3, -0.25) is 4.79 Å². The number of anilines is 2. The topological polar surface area (TPSA) is 58.8 Å². The Hall–Kier alpha value is -1.59. The Balaban J connectivity index is 1.96. The Morgan fingerprint density at radius 1 is 1.42 bits per heavy atom. The molecular weight excluding hydrogens is 242 g/mol. The average Bonchev–Trinajstić information content (AvgIpc) is 2.64. The van der Waals surface area contributed by atoms with Crippen LogP contribution in [0.1, 0.15) is 18.5 Å². The van der Waals surface area contributed by atoms with Crippen molar-refractivity contribution in [2.24, 2.45) is 5.73 Å². The summed E-state index contributed by atoms with van der Waals surface area (Å²) in [5.41, 5.74) is 8.88. The smallest absolute Gasteiger partial charge is 0.248 e. The molecule has 1 aromatic rings. The minimum absolute atomic E-state index is 0.0397. The molecule has 102 valence electrons. The van der Waals surface area contributed by atoms with Crippen LogP contribution in [0.15, 0.2) is 18.2 Å². The minimum atomic E-state index is -0.517. The molecule has 0 radical (unpaired) electrons. The lowest BCUT2D eigenvalue weighted by molar-refractivity contribution is -0.118. The van der Waals surface area contributed by atoms with Gasteiger partial charge in [-0.1, -0.05) is 6.07 Å². The van der Waals surface area contributed by atoms with E-state index in [2.05, 4.69) is 17.9 Å². The molecule has 2 heterocycles. The van der Waals surface area contributed by atoms with Crippen molar-refractivity contribution in [2.45, 2.75) is 19.0 Å². The highest BCUT2D eigenvalue weighted by atomic mass is 16.5. The highest BCUT2D eigenvalue weighted by Gasteiger charge is 2.33. The first-order valence-corrected chi connectivity index (χ1v) is 6.61. The number of benzene rings is 1. The Labute approximate surface area is 112 Å². The first kappa shape index (κ1) is 12.4. The molecular formula is C14H19N3O2. The largest absolute Gasteiger partial charge is 0.377 e. The molecule has 2 aliphatic heterocycles. The van der Waals surface area contributed by atoms with Gasteiger partial charge in [-0.2, -0.15) is 0 Å². The Morgan fingerprint density at radius 3 is 2.95 bits per heavy atom. The van der Waals surface area contributed by atoms with Gasteiger partial charge >= 0.3 is 0 Å². The van der Waals surface area contributed by atoms with Crippen LogP contribution in [0.25, 0.3) is 0 Å². The van der Waals surface area contributed by atoms with Gasteiger partial charge < -0.3 is 20.3 Å². The van der Waals surface area contributed by atoms with E-state index in [4.69, 9.17) is 10.5 Å². The second-order valence-electron chi connectivity index (χ2n) is 5.24. The van der Waals surface area contributed by atoms with Crippen molar-refractivity contribution in [1.82, 2.24) is 0 Å². The van der Waals surface area contributed by atoms with Gasteiger partial charge in [-0.05, 0) is 19.1 Å². The summed E-state index contributed by atoms with van der Waals surface area (Å²) in [6.07, 6.45) is 0. The molecule has 2 aliphatic rings. The van der Waals surface area contributed by atoms with Crippen LogP contribution in [0.3, 0.4) is 0 Å². The number of carbonyl (C=O) groups is 1. The number of nitrogens with two attached hydrogens (primary N) is 1. The predicted molar refractivity (Wildman–Crippen MR) is 74.4 cm³/mol. The lowest BCUT2D eigenvalue weighted by Crippen LogP contribution is -2.43. The maximum atomic E-state index is 11.9. The van der Waals surface area contributed by atoms with Gasteiger partial charge in [0.05, 0.1) is 18.9 Å². The van der Waals surface area contributed by atoms with E-state index in [0.717, 1.165) is 36.7 Å². The van der Waals surface area contributed by atoms with Crippen LogP contribution >= 0.6 is 0 Å². The zero-order valence-corrected chi connectivity index (χ0v) is 11.3. The van der Waals surface area contributed by atoms with Crippen molar-refractivity contribution in [1.29, 1.82) is 0 Å². The van der Waals surface area contributed by atoms with E-state index in [9.17, 15) is 4.79 Å². The number of nitrogens with zero attached hydrogens (tertiary/aromatic N) is 2. The first-order valence-electron chi connectivity index (χ1n) is 6.61. The third-order valence-corrected chi connectivity index (χ3v) is 4.01. The highest BCUT2D eigenvalue weighted by Crippen LogP contribution is 2.36. The lowest BCUT2D eigenvalue weighted by Gasteiger charge is -2.35.